The van der Waals surface area contributed by atoms with Crippen LogP contribution in [0.15, 0.2) is 48.8 Å². The molecule has 28 heavy (non-hydrogen) atoms. The van der Waals surface area contributed by atoms with Gasteiger partial charge in [0, 0.05) is 52.4 Å². The van der Waals surface area contributed by atoms with Gasteiger partial charge in [-0.1, -0.05) is 12.1 Å². The largest absolute Gasteiger partial charge is 0.497 e. The van der Waals surface area contributed by atoms with Crippen molar-refractivity contribution in [1.82, 2.24) is 14.8 Å². The summed E-state index contributed by atoms with van der Waals surface area (Å²) in [6.07, 6.45) is 5.37. The lowest BCUT2D eigenvalue weighted by molar-refractivity contribution is -0.132. The third kappa shape index (κ3) is 7.02. The fourth-order valence-electron chi connectivity index (χ4n) is 2.88. The average Bonchev–Trinajstić information content (AvgIpc) is 2.72. The van der Waals surface area contributed by atoms with Gasteiger partial charge in [-0.2, -0.15) is 0 Å². The van der Waals surface area contributed by atoms with Gasteiger partial charge in [0.25, 0.3) is 0 Å². The summed E-state index contributed by atoms with van der Waals surface area (Å²) in [5.74, 6) is 0.845. The van der Waals surface area contributed by atoms with Crippen molar-refractivity contribution >= 4 is 11.8 Å². The molecular weight excluding hydrogens is 354 g/mol. The molecule has 0 aliphatic rings. The van der Waals surface area contributed by atoms with Crippen LogP contribution in [0.3, 0.4) is 0 Å². The highest BCUT2D eigenvalue weighted by molar-refractivity contribution is 5.78. The number of nitrogens with zero attached hydrogens (tertiary/aromatic N) is 3. The van der Waals surface area contributed by atoms with E-state index in [2.05, 4.69) is 4.98 Å². The molecule has 0 saturated heterocycles. The van der Waals surface area contributed by atoms with Gasteiger partial charge in [-0.15, -0.1) is 0 Å². The normalized spacial score (nSPS) is 10.4. The monoisotopic (exact) mass is 383 g/mol. The van der Waals surface area contributed by atoms with Crippen LogP contribution in [0.25, 0.3) is 0 Å². The number of carbonyl (C=O) groups excluding carboxylic acids is 2. The molecule has 2 amide bonds. The second kappa shape index (κ2) is 11.1. The maximum atomic E-state index is 12.4. The average molecular weight is 383 g/mol. The number of likely N-dealkylation sites (N-methyl/N-ethyl adjacent to an activating group) is 1. The second-order valence-corrected chi connectivity index (χ2v) is 6.77. The van der Waals surface area contributed by atoms with Crippen LogP contribution in [-0.4, -0.2) is 60.4 Å². The molecule has 0 N–H and O–H groups in total. The number of carbonyl (C=O) groups is 2. The Morgan fingerprint density at radius 3 is 2.14 bits per heavy atom. The number of hydrogen-bond acceptors (Lipinski definition) is 4. The maximum Gasteiger partial charge on any atom is 0.224 e. The number of benzene rings is 1. The SMILES string of the molecule is COc1ccc(CCN(CCC(=O)N(C)CCc2ccncc2)C(C)=O)cc1. The zero-order chi connectivity index (χ0) is 20.4. The van der Waals surface area contributed by atoms with E-state index in [0.717, 1.165) is 29.7 Å². The van der Waals surface area contributed by atoms with Crippen molar-refractivity contribution < 1.29 is 14.3 Å². The van der Waals surface area contributed by atoms with Crippen molar-refractivity contribution in [2.45, 2.75) is 26.2 Å². The van der Waals surface area contributed by atoms with Gasteiger partial charge in [0.2, 0.25) is 11.8 Å². The number of pyridine rings is 1. The van der Waals surface area contributed by atoms with Crippen molar-refractivity contribution in [3.05, 3.63) is 59.9 Å². The minimum atomic E-state index is -0.0132. The zero-order valence-electron chi connectivity index (χ0n) is 16.9. The van der Waals surface area contributed by atoms with Crippen molar-refractivity contribution in [3.63, 3.8) is 0 Å². The summed E-state index contributed by atoms with van der Waals surface area (Å²) >= 11 is 0. The van der Waals surface area contributed by atoms with Gasteiger partial charge >= 0.3 is 0 Å². The second-order valence-electron chi connectivity index (χ2n) is 6.77. The van der Waals surface area contributed by atoms with Gasteiger partial charge in [-0.25, -0.2) is 0 Å². The minimum Gasteiger partial charge on any atom is -0.497 e. The molecule has 0 unspecified atom stereocenters. The Balaban J connectivity index is 1.77. The molecule has 1 aromatic carbocycles. The molecule has 0 bridgehead atoms. The van der Waals surface area contributed by atoms with Crippen molar-refractivity contribution in [1.29, 1.82) is 0 Å². The van der Waals surface area contributed by atoms with E-state index in [1.165, 1.54) is 0 Å². The number of amides is 2. The van der Waals surface area contributed by atoms with Crippen LogP contribution in [0.4, 0.5) is 0 Å². The first-order valence-electron chi connectivity index (χ1n) is 9.51. The number of methoxy groups -OCH3 is 1. The molecule has 2 rings (SSSR count). The summed E-state index contributed by atoms with van der Waals surface area (Å²) in [5.41, 5.74) is 2.28. The Kier molecular flexibility index (Phi) is 8.46. The molecule has 150 valence electrons. The van der Waals surface area contributed by atoms with Crippen molar-refractivity contribution in [3.8, 4) is 5.75 Å². The summed E-state index contributed by atoms with van der Waals surface area (Å²) in [5, 5.41) is 0. The van der Waals surface area contributed by atoms with Gasteiger partial charge in [-0.3, -0.25) is 14.6 Å². The Morgan fingerprint density at radius 2 is 1.54 bits per heavy atom. The van der Waals surface area contributed by atoms with E-state index in [-0.39, 0.29) is 11.8 Å². The minimum absolute atomic E-state index is 0.0132. The van der Waals surface area contributed by atoms with Gasteiger partial charge < -0.3 is 14.5 Å². The standard InChI is InChI=1S/C22H29N3O3/c1-18(26)25(16-11-19-4-6-21(28-3)7-5-19)17-12-22(27)24(2)15-10-20-8-13-23-14-9-20/h4-9,13-14H,10-12,15-17H2,1-3H3. The molecule has 0 radical (unpaired) electrons. The van der Waals surface area contributed by atoms with E-state index in [4.69, 9.17) is 4.74 Å². The van der Waals surface area contributed by atoms with E-state index in [1.54, 1.807) is 43.3 Å². The first kappa shape index (κ1) is 21.4. The summed E-state index contributed by atoms with van der Waals surface area (Å²) in [4.78, 5) is 31.8. The van der Waals surface area contributed by atoms with Gasteiger partial charge in [0.15, 0.2) is 0 Å². The highest BCUT2D eigenvalue weighted by Gasteiger charge is 2.14. The van der Waals surface area contributed by atoms with Gasteiger partial charge in [0.1, 0.15) is 5.75 Å². The first-order valence-corrected chi connectivity index (χ1v) is 9.51. The third-order valence-corrected chi connectivity index (χ3v) is 4.78. The fraction of sp³-hybridized carbons (Fsp3) is 0.409. The molecule has 0 aliphatic heterocycles. The number of ether oxygens (including phenoxy) is 1. The molecule has 6 nitrogen and oxygen atoms in total. The van der Waals surface area contributed by atoms with Crippen molar-refractivity contribution in [2.75, 3.05) is 33.8 Å². The fourth-order valence-corrected chi connectivity index (χ4v) is 2.88. The van der Waals surface area contributed by atoms with Crippen LogP contribution in [0.1, 0.15) is 24.5 Å². The lowest BCUT2D eigenvalue weighted by Crippen LogP contribution is -2.36. The van der Waals surface area contributed by atoms with Crippen LogP contribution in [0.5, 0.6) is 5.75 Å². The van der Waals surface area contributed by atoms with E-state index in [0.29, 0.717) is 26.1 Å². The lowest BCUT2D eigenvalue weighted by Gasteiger charge is -2.23. The summed E-state index contributed by atoms with van der Waals surface area (Å²) < 4.78 is 5.16. The Bertz CT molecular complexity index is 747. The molecule has 0 spiro atoms. The Labute approximate surface area is 167 Å². The first-order chi connectivity index (χ1) is 13.5. The van der Waals surface area contributed by atoms with E-state index >= 15 is 0 Å². The van der Waals surface area contributed by atoms with Gasteiger partial charge in [-0.05, 0) is 48.2 Å². The van der Waals surface area contributed by atoms with E-state index < -0.39 is 0 Å². The van der Waals surface area contributed by atoms with Crippen LogP contribution < -0.4 is 4.74 Å². The smallest absolute Gasteiger partial charge is 0.224 e. The predicted molar refractivity (Wildman–Crippen MR) is 109 cm³/mol. The molecule has 6 heteroatoms. The highest BCUT2D eigenvalue weighted by atomic mass is 16.5. The van der Waals surface area contributed by atoms with E-state index in [1.807, 2.05) is 36.4 Å². The maximum absolute atomic E-state index is 12.4. The summed E-state index contributed by atoms with van der Waals surface area (Å²) in [7, 11) is 3.44. The third-order valence-electron chi connectivity index (χ3n) is 4.78. The summed E-state index contributed by atoms with van der Waals surface area (Å²) in [6.45, 7) is 3.22. The quantitative estimate of drug-likeness (QED) is 0.633. The Morgan fingerprint density at radius 1 is 0.929 bits per heavy atom. The van der Waals surface area contributed by atoms with Crippen LogP contribution in [0.2, 0.25) is 0 Å². The highest BCUT2D eigenvalue weighted by Crippen LogP contribution is 2.12. The van der Waals surface area contributed by atoms with E-state index in [9.17, 15) is 9.59 Å². The molecular formula is C22H29N3O3. The number of hydrogen-bond donors (Lipinski definition) is 0. The molecule has 0 saturated carbocycles. The zero-order valence-corrected chi connectivity index (χ0v) is 16.9. The Hall–Kier alpha value is -2.89. The molecule has 0 fully saturated rings. The van der Waals surface area contributed by atoms with Crippen molar-refractivity contribution in [2.24, 2.45) is 0 Å². The molecule has 0 aliphatic carbocycles. The predicted octanol–water partition coefficient (Wildman–Crippen LogP) is 2.57. The van der Waals surface area contributed by atoms with Gasteiger partial charge in [0.05, 0.1) is 7.11 Å². The lowest BCUT2D eigenvalue weighted by atomic mass is 10.1. The number of rotatable bonds is 10. The molecule has 1 aromatic heterocycles. The van der Waals surface area contributed by atoms with Crippen LogP contribution in [0, 0.1) is 0 Å². The molecule has 2 aromatic rings. The van der Waals surface area contributed by atoms with Crippen LogP contribution >= 0.6 is 0 Å². The number of aromatic nitrogens is 1. The summed E-state index contributed by atoms with van der Waals surface area (Å²) in [6, 6.07) is 11.7. The topological polar surface area (TPSA) is 62.7 Å². The molecule has 1 heterocycles. The van der Waals surface area contributed by atoms with Crippen LogP contribution in [-0.2, 0) is 22.4 Å². The molecule has 0 atom stereocenters.